The number of amides is 2. The molecule has 1 saturated carbocycles. The first kappa shape index (κ1) is 15.2. The zero-order valence-corrected chi connectivity index (χ0v) is 15.1. The fraction of sp³-hybridized carbons (Fsp3) is 0.500. The number of anilines is 1. The van der Waals surface area contributed by atoms with E-state index < -0.39 is 0 Å². The number of aryl methyl sites for hydroxylation is 2. The van der Waals surface area contributed by atoms with Crippen molar-refractivity contribution in [1.29, 1.82) is 0 Å². The predicted molar refractivity (Wildman–Crippen MR) is 90.1 cm³/mol. The van der Waals surface area contributed by atoms with Gasteiger partial charge in [0.15, 0.2) is 0 Å². The van der Waals surface area contributed by atoms with E-state index >= 15 is 0 Å². The van der Waals surface area contributed by atoms with Crippen molar-refractivity contribution in [3.63, 3.8) is 0 Å². The topological polar surface area (TPSA) is 37.4 Å². The van der Waals surface area contributed by atoms with Crippen LogP contribution in [0.3, 0.4) is 0 Å². The standard InChI is InChI=1S/C16H17Br2NO2/c1-8-4-3-5-9(2)14(8)19-15(20)10-6-12(17)13(18)7-11(10)16(19)21/h3-5,10-13H,6-7H2,1-2H3/t10-,11-,12+,13+/m1/s1. The van der Waals surface area contributed by atoms with Crippen LogP contribution < -0.4 is 4.90 Å². The Morgan fingerprint density at radius 3 is 1.81 bits per heavy atom. The molecule has 3 rings (SSSR count). The van der Waals surface area contributed by atoms with Gasteiger partial charge in [0.25, 0.3) is 0 Å². The Labute approximate surface area is 141 Å². The van der Waals surface area contributed by atoms with E-state index in [0.29, 0.717) is 12.8 Å². The van der Waals surface area contributed by atoms with Gasteiger partial charge in [0, 0.05) is 9.65 Å². The third kappa shape index (κ3) is 2.38. The lowest BCUT2D eigenvalue weighted by atomic mass is 9.81. The van der Waals surface area contributed by atoms with E-state index in [0.717, 1.165) is 16.8 Å². The van der Waals surface area contributed by atoms with Gasteiger partial charge in [0.05, 0.1) is 17.5 Å². The van der Waals surface area contributed by atoms with Gasteiger partial charge in [-0.15, -0.1) is 0 Å². The Hall–Kier alpha value is -0.680. The summed E-state index contributed by atoms with van der Waals surface area (Å²) < 4.78 is 0. The van der Waals surface area contributed by atoms with Crippen molar-refractivity contribution < 1.29 is 9.59 Å². The van der Waals surface area contributed by atoms with Crippen LogP contribution in [0.25, 0.3) is 0 Å². The van der Waals surface area contributed by atoms with E-state index in [1.54, 1.807) is 0 Å². The van der Waals surface area contributed by atoms with Crippen LogP contribution in [0.4, 0.5) is 5.69 Å². The smallest absolute Gasteiger partial charge is 0.237 e. The summed E-state index contributed by atoms with van der Waals surface area (Å²) in [5.41, 5.74) is 2.72. The summed E-state index contributed by atoms with van der Waals surface area (Å²) in [4.78, 5) is 27.5. The number of imide groups is 1. The molecule has 1 heterocycles. The lowest BCUT2D eigenvalue weighted by molar-refractivity contribution is -0.122. The molecule has 0 aromatic heterocycles. The highest BCUT2D eigenvalue weighted by Crippen LogP contribution is 2.45. The number of para-hydroxylation sites is 1. The number of hydrogen-bond acceptors (Lipinski definition) is 2. The highest BCUT2D eigenvalue weighted by Gasteiger charge is 2.52. The van der Waals surface area contributed by atoms with Gasteiger partial charge in [-0.1, -0.05) is 50.1 Å². The van der Waals surface area contributed by atoms with Crippen molar-refractivity contribution in [2.24, 2.45) is 11.8 Å². The Balaban J connectivity index is 2.02. The van der Waals surface area contributed by atoms with Gasteiger partial charge in [-0.05, 0) is 37.8 Å². The highest BCUT2D eigenvalue weighted by molar-refractivity contribution is 9.12. The number of alkyl halides is 2. The fourth-order valence-electron chi connectivity index (χ4n) is 3.47. The van der Waals surface area contributed by atoms with E-state index in [-0.39, 0.29) is 33.3 Å². The van der Waals surface area contributed by atoms with Gasteiger partial charge in [0.2, 0.25) is 11.8 Å². The summed E-state index contributed by atoms with van der Waals surface area (Å²) >= 11 is 7.23. The molecule has 1 aromatic carbocycles. The minimum atomic E-state index is -0.185. The maximum atomic E-state index is 12.8. The molecule has 1 aromatic rings. The van der Waals surface area contributed by atoms with Gasteiger partial charge < -0.3 is 0 Å². The van der Waals surface area contributed by atoms with Gasteiger partial charge in [-0.2, -0.15) is 0 Å². The summed E-state index contributed by atoms with van der Waals surface area (Å²) in [5, 5.41) is 0. The third-order valence-electron chi connectivity index (χ3n) is 4.57. The molecule has 1 aliphatic heterocycles. The quantitative estimate of drug-likeness (QED) is 0.518. The largest absolute Gasteiger partial charge is 0.274 e. The zero-order chi connectivity index (χ0) is 15.3. The first-order chi connectivity index (χ1) is 9.91. The van der Waals surface area contributed by atoms with E-state index in [1.807, 2.05) is 32.0 Å². The van der Waals surface area contributed by atoms with Crippen LogP contribution in [0.1, 0.15) is 24.0 Å². The van der Waals surface area contributed by atoms with Gasteiger partial charge in [-0.3, -0.25) is 9.59 Å². The van der Waals surface area contributed by atoms with Crippen LogP contribution in [0.5, 0.6) is 0 Å². The number of halogens is 2. The third-order valence-corrected chi connectivity index (χ3v) is 7.31. The number of fused-ring (bicyclic) bond motifs is 1. The minimum absolute atomic E-state index is 0.0359. The second-order valence-electron chi connectivity index (χ2n) is 5.97. The number of carbonyl (C=O) groups excluding carboxylic acids is 2. The Morgan fingerprint density at radius 2 is 1.38 bits per heavy atom. The average molecular weight is 415 g/mol. The maximum absolute atomic E-state index is 12.8. The predicted octanol–water partition coefficient (Wildman–Crippen LogP) is 3.73. The molecule has 3 nitrogen and oxygen atoms in total. The first-order valence-corrected chi connectivity index (χ1v) is 8.97. The molecule has 0 N–H and O–H groups in total. The maximum Gasteiger partial charge on any atom is 0.237 e. The molecule has 0 bridgehead atoms. The molecule has 4 atom stereocenters. The second-order valence-corrected chi connectivity index (χ2v) is 8.32. The van der Waals surface area contributed by atoms with E-state index in [9.17, 15) is 9.59 Å². The summed E-state index contributed by atoms with van der Waals surface area (Å²) in [6, 6.07) is 5.85. The van der Waals surface area contributed by atoms with Crippen LogP contribution in [0.15, 0.2) is 18.2 Å². The van der Waals surface area contributed by atoms with Gasteiger partial charge in [-0.25, -0.2) is 4.90 Å². The minimum Gasteiger partial charge on any atom is -0.274 e. The van der Waals surface area contributed by atoms with Crippen molar-refractivity contribution in [1.82, 2.24) is 0 Å². The number of hydrogen-bond donors (Lipinski definition) is 0. The lowest BCUT2D eigenvalue weighted by Gasteiger charge is -2.29. The highest BCUT2D eigenvalue weighted by atomic mass is 79.9. The fourth-order valence-corrected chi connectivity index (χ4v) is 4.71. The number of benzene rings is 1. The molecule has 2 amide bonds. The summed E-state index contributed by atoms with van der Waals surface area (Å²) in [7, 11) is 0. The van der Waals surface area contributed by atoms with Crippen LogP contribution in [0, 0.1) is 25.7 Å². The van der Waals surface area contributed by atoms with Crippen molar-refractivity contribution in [2.45, 2.75) is 36.3 Å². The molecule has 0 spiro atoms. The monoisotopic (exact) mass is 413 g/mol. The number of carbonyl (C=O) groups is 2. The molecule has 0 unspecified atom stereocenters. The van der Waals surface area contributed by atoms with Crippen molar-refractivity contribution in [3.05, 3.63) is 29.3 Å². The molecular formula is C16H17Br2NO2. The molecule has 5 heteroatoms. The van der Waals surface area contributed by atoms with Gasteiger partial charge in [0.1, 0.15) is 0 Å². The molecular weight excluding hydrogens is 398 g/mol. The average Bonchev–Trinajstić information content (AvgIpc) is 2.65. The Bertz CT molecular complexity index is 568. The zero-order valence-electron chi connectivity index (χ0n) is 12.0. The van der Waals surface area contributed by atoms with E-state index in [4.69, 9.17) is 0 Å². The second kappa shape index (κ2) is 5.51. The van der Waals surface area contributed by atoms with E-state index in [2.05, 4.69) is 31.9 Å². The number of rotatable bonds is 1. The molecule has 1 saturated heterocycles. The van der Waals surface area contributed by atoms with Crippen LogP contribution >= 0.6 is 31.9 Å². The van der Waals surface area contributed by atoms with Crippen LogP contribution in [-0.4, -0.2) is 21.5 Å². The molecule has 1 aliphatic carbocycles. The SMILES string of the molecule is Cc1cccc(C)c1N1C(=O)[C@@H]2C[C@H](Br)[C@@H](Br)C[C@H]2C1=O. The van der Waals surface area contributed by atoms with Crippen molar-refractivity contribution in [3.8, 4) is 0 Å². The van der Waals surface area contributed by atoms with Crippen molar-refractivity contribution in [2.75, 3.05) is 4.90 Å². The summed E-state index contributed by atoms with van der Waals surface area (Å²) in [6.07, 6.45) is 1.43. The lowest BCUT2D eigenvalue weighted by Crippen LogP contribution is -2.34. The molecule has 2 aliphatic rings. The molecule has 2 fully saturated rings. The first-order valence-electron chi connectivity index (χ1n) is 7.14. The molecule has 112 valence electrons. The van der Waals surface area contributed by atoms with Crippen LogP contribution in [0.2, 0.25) is 0 Å². The molecule has 21 heavy (non-hydrogen) atoms. The molecule has 0 radical (unpaired) electrons. The normalized spacial score (nSPS) is 32.5. The van der Waals surface area contributed by atoms with Crippen LogP contribution in [-0.2, 0) is 9.59 Å². The van der Waals surface area contributed by atoms with Crippen molar-refractivity contribution >= 4 is 49.4 Å². The number of nitrogens with zero attached hydrogens (tertiary/aromatic N) is 1. The summed E-state index contributed by atoms with van der Waals surface area (Å²) in [6.45, 7) is 3.90. The van der Waals surface area contributed by atoms with E-state index in [1.165, 1.54) is 4.90 Å². The summed E-state index contributed by atoms with van der Waals surface area (Å²) in [5.74, 6) is -0.443. The van der Waals surface area contributed by atoms with Gasteiger partial charge >= 0.3 is 0 Å². The Morgan fingerprint density at radius 1 is 0.952 bits per heavy atom. The Kier molecular flexibility index (Phi) is 3.99.